The Bertz CT molecular complexity index is 160. The first-order valence-electron chi connectivity index (χ1n) is 5.73. The Morgan fingerprint density at radius 2 is 1.06 bits per heavy atom. The Morgan fingerprint density at radius 1 is 0.889 bits per heavy atom. The van der Waals surface area contributed by atoms with E-state index < -0.39 is 15.0 Å². The summed E-state index contributed by atoms with van der Waals surface area (Å²) in [7, 11) is -2.80. The fourth-order valence-electron chi connectivity index (χ4n) is 0.957. The van der Waals surface area contributed by atoms with Crippen molar-refractivity contribution in [2.45, 2.75) is 34.6 Å². The summed E-state index contributed by atoms with van der Waals surface area (Å²) in [5.74, 6) is -0.833. The molecule has 8 heteroatoms. The molecule has 0 rings (SSSR count). The van der Waals surface area contributed by atoms with E-state index in [1.165, 1.54) is 0 Å². The van der Waals surface area contributed by atoms with Crippen LogP contribution in [0.25, 0.3) is 0 Å². The number of carboxylic acids is 1. The third-order valence-corrected chi connectivity index (χ3v) is 3.85. The van der Waals surface area contributed by atoms with Gasteiger partial charge in [0.05, 0.1) is 0 Å². The summed E-state index contributed by atoms with van der Waals surface area (Å²) in [5, 5.41) is 7.42. The van der Waals surface area contributed by atoms with Crippen molar-refractivity contribution >= 4 is 63.9 Å². The van der Waals surface area contributed by atoms with Crippen molar-refractivity contribution in [3.05, 3.63) is 0 Å². The van der Waals surface area contributed by atoms with Crippen LogP contribution < -0.4 is 0 Å². The van der Waals surface area contributed by atoms with Crippen molar-refractivity contribution in [1.29, 1.82) is 0 Å². The maximum absolute atomic E-state index is 9.00. The molecule has 0 aromatic rings. The van der Waals surface area contributed by atoms with Gasteiger partial charge in [0, 0.05) is 33.4 Å². The second kappa shape index (κ2) is 16.2. The first-order valence-corrected chi connectivity index (χ1v) is 7.36. The molecule has 0 unspecified atom stereocenters. The van der Waals surface area contributed by atoms with Crippen LogP contribution in [0, 0.1) is 0 Å². The molecule has 1 N–H and O–H groups in total. The molecule has 0 atom stereocenters. The SMILES string of the molecule is CC(=O)O.CCO[Si](OCC)(OCC)OCC.[BaH2]. The molecule has 0 amide bonds. The Labute approximate surface area is 151 Å². The van der Waals surface area contributed by atoms with Gasteiger partial charge in [-0.05, 0) is 27.7 Å². The summed E-state index contributed by atoms with van der Waals surface area (Å²) in [4.78, 5) is 9.00. The van der Waals surface area contributed by atoms with E-state index in [4.69, 9.17) is 27.6 Å². The minimum atomic E-state index is -2.80. The molecule has 0 fully saturated rings. The van der Waals surface area contributed by atoms with Gasteiger partial charge in [0.1, 0.15) is 0 Å². The van der Waals surface area contributed by atoms with Crippen LogP contribution in [0.15, 0.2) is 0 Å². The van der Waals surface area contributed by atoms with Crippen molar-refractivity contribution in [3.63, 3.8) is 0 Å². The van der Waals surface area contributed by atoms with E-state index in [1.54, 1.807) is 0 Å². The molecule has 0 radical (unpaired) electrons. The Morgan fingerprint density at radius 3 is 1.17 bits per heavy atom. The summed E-state index contributed by atoms with van der Waals surface area (Å²) >= 11 is 0. The monoisotopic (exact) mass is 408 g/mol. The molecule has 0 aliphatic carbocycles. The molecule has 0 spiro atoms. The molecule has 0 saturated carbocycles. The third kappa shape index (κ3) is 15.2. The Hall–Kier alpha value is 1.10. The molecule has 0 saturated heterocycles. The summed E-state index contributed by atoms with van der Waals surface area (Å²) in [6.07, 6.45) is 0. The maximum atomic E-state index is 9.00. The first-order chi connectivity index (χ1) is 7.97. The van der Waals surface area contributed by atoms with Crippen LogP contribution in [0.2, 0.25) is 0 Å². The number of rotatable bonds is 8. The fraction of sp³-hybridized carbons (Fsp3) is 0.900. The Balaban J connectivity index is -0.000000392. The predicted octanol–water partition coefficient (Wildman–Crippen LogP) is 0.743. The van der Waals surface area contributed by atoms with Gasteiger partial charge in [0.15, 0.2) is 0 Å². The quantitative estimate of drug-likeness (QED) is 0.598. The van der Waals surface area contributed by atoms with Crippen LogP contribution in [0.3, 0.4) is 0 Å². The van der Waals surface area contributed by atoms with Crippen molar-refractivity contribution in [1.82, 2.24) is 0 Å². The molecule has 108 valence electrons. The van der Waals surface area contributed by atoms with Crippen LogP contribution in [0.5, 0.6) is 0 Å². The standard InChI is InChI=1S/C8H20O4Si.C2H4O2.Ba.2H/c1-5-9-13(10-6-2,11-7-3)12-8-4;1-2(3)4;;;/h5-8H2,1-4H3;1H3,(H,3,4);;;. The average Bonchev–Trinajstić information content (AvgIpc) is 2.18. The van der Waals surface area contributed by atoms with Gasteiger partial charge in [-0.25, -0.2) is 0 Å². The average molecular weight is 408 g/mol. The predicted molar refractivity (Wildman–Crippen MR) is 74.1 cm³/mol. The number of hydrogen-bond donors (Lipinski definition) is 1. The molecule has 0 aromatic carbocycles. The van der Waals surface area contributed by atoms with Crippen LogP contribution in [-0.4, -0.2) is 95.4 Å². The summed E-state index contributed by atoms with van der Waals surface area (Å²) in [6, 6.07) is 0. The number of carboxylic acid groups (broad SMARTS) is 1. The van der Waals surface area contributed by atoms with Gasteiger partial charge >= 0.3 is 57.9 Å². The zero-order valence-electron chi connectivity index (χ0n) is 11.3. The van der Waals surface area contributed by atoms with Gasteiger partial charge in [0.25, 0.3) is 5.97 Å². The van der Waals surface area contributed by atoms with Gasteiger partial charge in [-0.3, -0.25) is 4.79 Å². The van der Waals surface area contributed by atoms with Gasteiger partial charge < -0.3 is 22.8 Å². The van der Waals surface area contributed by atoms with Gasteiger partial charge in [-0.2, -0.15) is 0 Å². The topological polar surface area (TPSA) is 74.2 Å². The molecular weight excluding hydrogens is 382 g/mol. The number of aliphatic carboxylic acids is 1. The van der Waals surface area contributed by atoms with Crippen molar-refractivity contribution in [2.24, 2.45) is 0 Å². The van der Waals surface area contributed by atoms with Gasteiger partial charge in [0.2, 0.25) is 0 Å². The fourth-order valence-corrected chi connectivity index (χ4v) is 2.87. The van der Waals surface area contributed by atoms with Gasteiger partial charge in [-0.1, -0.05) is 0 Å². The van der Waals surface area contributed by atoms with Crippen LogP contribution in [-0.2, 0) is 22.5 Å². The molecule has 0 bridgehead atoms. The van der Waals surface area contributed by atoms with E-state index >= 15 is 0 Å². The van der Waals surface area contributed by atoms with E-state index in [0.717, 1.165) is 6.92 Å². The van der Waals surface area contributed by atoms with Crippen molar-refractivity contribution in [3.8, 4) is 0 Å². The third-order valence-electron chi connectivity index (χ3n) is 1.28. The summed E-state index contributed by atoms with van der Waals surface area (Å²) in [6.45, 7) is 10.9. The van der Waals surface area contributed by atoms with Gasteiger partial charge in [-0.15, -0.1) is 0 Å². The molecule has 0 aromatic heterocycles. The second-order valence-electron chi connectivity index (χ2n) is 2.75. The summed E-state index contributed by atoms with van der Waals surface area (Å²) in [5.41, 5.74) is 0. The molecular formula is C10H26BaO6Si. The molecule has 18 heavy (non-hydrogen) atoms. The van der Waals surface area contributed by atoms with E-state index in [-0.39, 0.29) is 48.9 Å². The van der Waals surface area contributed by atoms with Crippen LogP contribution >= 0.6 is 0 Å². The van der Waals surface area contributed by atoms with E-state index in [9.17, 15) is 0 Å². The number of hydrogen-bond acceptors (Lipinski definition) is 5. The first kappa shape index (κ1) is 24.1. The van der Waals surface area contributed by atoms with Crippen molar-refractivity contribution < 1.29 is 27.6 Å². The Kier molecular flexibility index (Phi) is 21.7. The normalized spacial score (nSPS) is 10.1. The minimum absolute atomic E-state index is 0. The van der Waals surface area contributed by atoms with E-state index in [0.29, 0.717) is 26.4 Å². The van der Waals surface area contributed by atoms with E-state index in [2.05, 4.69) is 0 Å². The van der Waals surface area contributed by atoms with Crippen LogP contribution in [0.4, 0.5) is 0 Å². The van der Waals surface area contributed by atoms with Crippen molar-refractivity contribution in [2.75, 3.05) is 26.4 Å². The number of carbonyl (C=O) groups is 1. The zero-order chi connectivity index (χ0) is 13.7. The molecule has 0 aliphatic heterocycles. The molecule has 6 nitrogen and oxygen atoms in total. The van der Waals surface area contributed by atoms with Crippen LogP contribution in [0.1, 0.15) is 34.6 Å². The zero-order valence-corrected chi connectivity index (χ0v) is 12.3. The second-order valence-corrected chi connectivity index (χ2v) is 4.91. The molecule has 0 heterocycles. The molecule has 0 aliphatic rings. The summed E-state index contributed by atoms with van der Waals surface area (Å²) < 4.78 is 21.7. The van der Waals surface area contributed by atoms with E-state index in [1.807, 2.05) is 27.7 Å².